The molecular weight excluding hydrogens is 280 g/mol. The lowest BCUT2D eigenvalue weighted by Crippen LogP contribution is -2.33. The van der Waals surface area contributed by atoms with E-state index in [-0.39, 0.29) is 25.3 Å². The lowest BCUT2D eigenvalue weighted by atomic mass is 10.4. The molecule has 0 fully saturated rings. The Hall–Kier alpha value is -2.64. The van der Waals surface area contributed by atoms with Crippen molar-refractivity contribution in [2.75, 3.05) is 13.2 Å². The van der Waals surface area contributed by atoms with E-state index >= 15 is 0 Å². The van der Waals surface area contributed by atoms with Gasteiger partial charge in [-0.3, -0.25) is 19.1 Å². The van der Waals surface area contributed by atoms with Crippen molar-refractivity contribution in [3.05, 3.63) is 44.8 Å². The number of nitrogens with one attached hydrogen (secondary N) is 1. The summed E-state index contributed by atoms with van der Waals surface area (Å²) in [5, 5.41) is 0. The van der Waals surface area contributed by atoms with E-state index < -0.39 is 23.2 Å². The maximum Gasteiger partial charge on any atom is 0.333 e. The summed E-state index contributed by atoms with van der Waals surface area (Å²) in [4.78, 5) is 47.2. The minimum absolute atomic E-state index is 0.100. The SMILES string of the molecule is C=C(C)C(=O)OCCOC(=O)Cn1cc(C)c(=O)[nH]c1=O. The Morgan fingerprint density at radius 2 is 1.90 bits per heavy atom. The van der Waals surface area contributed by atoms with Crippen molar-refractivity contribution in [1.29, 1.82) is 0 Å². The minimum atomic E-state index is -0.698. The molecule has 0 aliphatic carbocycles. The quantitative estimate of drug-likeness (QED) is 0.431. The number of carbonyl (C=O) groups is 2. The van der Waals surface area contributed by atoms with E-state index in [0.717, 1.165) is 4.57 Å². The van der Waals surface area contributed by atoms with Crippen LogP contribution in [0.3, 0.4) is 0 Å². The van der Waals surface area contributed by atoms with Gasteiger partial charge in [-0.1, -0.05) is 6.58 Å². The van der Waals surface area contributed by atoms with Crippen LogP contribution < -0.4 is 11.2 Å². The van der Waals surface area contributed by atoms with Gasteiger partial charge in [0, 0.05) is 17.3 Å². The molecule has 1 rings (SSSR count). The van der Waals surface area contributed by atoms with Gasteiger partial charge in [0.05, 0.1) is 0 Å². The molecule has 0 radical (unpaired) electrons. The number of ether oxygens (including phenoxy) is 2. The Labute approximate surface area is 120 Å². The van der Waals surface area contributed by atoms with Crippen molar-refractivity contribution >= 4 is 11.9 Å². The first-order valence-electron chi connectivity index (χ1n) is 6.10. The molecule has 0 spiro atoms. The zero-order chi connectivity index (χ0) is 16.0. The third kappa shape index (κ3) is 5.09. The minimum Gasteiger partial charge on any atom is -0.461 e. The second kappa shape index (κ2) is 7.22. The van der Waals surface area contributed by atoms with Crippen LogP contribution in [0.2, 0.25) is 0 Å². The summed E-state index contributed by atoms with van der Waals surface area (Å²) in [6.45, 7) is 5.84. The molecule has 0 saturated heterocycles. The molecule has 0 aliphatic rings. The number of hydrogen-bond acceptors (Lipinski definition) is 6. The summed E-state index contributed by atoms with van der Waals surface area (Å²) in [5.74, 6) is -1.26. The second-order valence-electron chi connectivity index (χ2n) is 4.34. The van der Waals surface area contributed by atoms with Gasteiger partial charge in [0.2, 0.25) is 0 Å². The van der Waals surface area contributed by atoms with Crippen molar-refractivity contribution in [2.45, 2.75) is 20.4 Å². The Bertz CT molecular complexity index is 670. The van der Waals surface area contributed by atoms with Crippen LogP contribution in [0.4, 0.5) is 0 Å². The molecule has 1 aromatic heterocycles. The Morgan fingerprint density at radius 1 is 1.29 bits per heavy atom. The molecule has 8 heteroatoms. The zero-order valence-corrected chi connectivity index (χ0v) is 11.8. The van der Waals surface area contributed by atoms with E-state index in [1.54, 1.807) is 0 Å². The van der Waals surface area contributed by atoms with Crippen molar-refractivity contribution in [1.82, 2.24) is 9.55 Å². The smallest absolute Gasteiger partial charge is 0.333 e. The molecule has 0 amide bonds. The Kier molecular flexibility index (Phi) is 5.65. The summed E-state index contributed by atoms with van der Waals surface area (Å²) in [7, 11) is 0. The first-order valence-corrected chi connectivity index (χ1v) is 6.10. The highest BCUT2D eigenvalue weighted by molar-refractivity contribution is 5.86. The van der Waals surface area contributed by atoms with Crippen LogP contribution >= 0.6 is 0 Å². The molecule has 0 unspecified atom stereocenters. The van der Waals surface area contributed by atoms with Crippen LogP contribution in [0.5, 0.6) is 0 Å². The molecule has 1 N–H and O–H groups in total. The van der Waals surface area contributed by atoms with Gasteiger partial charge in [-0.25, -0.2) is 9.59 Å². The van der Waals surface area contributed by atoms with Gasteiger partial charge in [-0.15, -0.1) is 0 Å². The van der Waals surface area contributed by atoms with E-state index in [9.17, 15) is 19.2 Å². The number of aryl methyl sites for hydroxylation is 1. The number of rotatable bonds is 6. The van der Waals surface area contributed by atoms with E-state index in [2.05, 4.69) is 11.6 Å². The van der Waals surface area contributed by atoms with Crippen molar-refractivity contribution in [3.63, 3.8) is 0 Å². The van der Waals surface area contributed by atoms with E-state index in [4.69, 9.17) is 9.47 Å². The summed E-state index contributed by atoms with van der Waals surface area (Å²) >= 11 is 0. The van der Waals surface area contributed by atoms with Gasteiger partial charge in [0.15, 0.2) is 0 Å². The van der Waals surface area contributed by atoms with Gasteiger partial charge in [0.25, 0.3) is 5.56 Å². The lowest BCUT2D eigenvalue weighted by molar-refractivity contribution is -0.150. The highest BCUT2D eigenvalue weighted by Gasteiger charge is 2.08. The average Bonchev–Trinajstić information content (AvgIpc) is 2.40. The number of carbonyl (C=O) groups excluding carboxylic acids is 2. The fourth-order valence-electron chi connectivity index (χ4n) is 1.33. The first-order chi connectivity index (χ1) is 9.81. The normalized spacial score (nSPS) is 10.0. The highest BCUT2D eigenvalue weighted by atomic mass is 16.6. The molecule has 1 aromatic rings. The van der Waals surface area contributed by atoms with E-state index in [1.807, 2.05) is 0 Å². The molecular formula is C13H16N2O6. The van der Waals surface area contributed by atoms with Crippen LogP contribution in [0.15, 0.2) is 27.9 Å². The van der Waals surface area contributed by atoms with Crippen LogP contribution in [0.1, 0.15) is 12.5 Å². The van der Waals surface area contributed by atoms with E-state index in [0.29, 0.717) is 5.56 Å². The number of H-pyrrole nitrogens is 1. The Morgan fingerprint density at radius 3 is 2.52 bits per heavy atom. The second-order valence-corrected chi connectivity index (χ2v) is 4.34. The summed E-state index contributed by atoms with van der Waals surface area (Å²) < 4.78 is 10.6. The fraction of sp³-hybridized carbons (Fsp3) is 0.385. The number of aromatic amines is 1. The van der Waals surface area contributed by atoms with Gasteiger partial charge in [-0.2, -0.15) is 0 Å². The summed E-state index contributed by atoms with van der Waals surface area (Å²) in [6, 6.07) is 0. The zero-order valence-electron chi connectivity index (χ0n) is 11.8. The molecule has 0 aromatic carbocycles. The van der Waals surface area contributed by atoms with Gasteiger partial charge >= 0.3 is 17.6 Å². The number of esters is 2. The average molecular weight is 296 g/mol. The molecule has 0 aliphatic heterocycles. The predicted molar refractivity (Wildman–Crippen MR) is 72.8 cm³/mol. The third-order valence-electron chi connectivity index (χ3n) is 2.42. The monoisotopic (exact) mass is 296 g/mol. The fourth-order valence-corrected chi connectivity index (χ4v) is 1.33. The third-order valence-corrected chi connectivity index (χ3v) is 2.42. The molecule has 0 bridgehead atoms. The van der Waals surface area contributed by atoms with Gasteiger partial charge < -0.3 is 9.47 Å². The topological polar surface area (TPSA) is 107 Å². The van der Waals surface area contributed by atoms with Crippen molar-refractivity contribution < 1.29 is 19.1 Å². The van der Waals surface area contributed by atoms with Crippen molar-refractivity contribution in [2.24, 2.45) is 0 Å². The maximum atomic E-state index is 11.5. The lowest BCUT2D eigenvalue weighted by Gasteiger charge is -2.07. The van der Waals surface area contributed by atoms with Gasteiger partial charge in [-0.05, 0) is 13.8 Å². The molecule has 0 atom stereocenters. The predicted octanol–water partition coefficient (Wildman–Crippen LogP) is -0.492. The van der Waals surface area contributed by atoms with Crippen LogP contribution in [-0.4, -0.2) is 34.7 Å². The highest BCUT2D eigenvalue weighted by Crippen LogP contribution is 1.92. The number of nitrogens with zero attached hydrogens (tertiary/aromatic N) is 1. The first kappa shape index (κ1) is 16.4. The van der Waals surface area contributed by atoms with Crippen molar-refractivity contribution in [3.8, 4) is 0 Å². The number of aromatic nitrogens is 2. The summed E-state index contributed by atoms with van der Waals surface area (Å²) in [5.41, 5.74) is -0.651. The largest absolute Gasteiger partial charge is 0.461 e. The summed E-state index contributed by atoms with van der Waals surface area (Å²) in [6.07, 6.45) is 1.27. The molecule has 1 heterocycles. The van der Waals surface area contributed by atoms with Crippen LogP contribution in [0.25, 0.3) is 0 Å². The standard InChI is InChI=1S/C13H16N2O6/c1-8(2)12(18)21-5-4-20-10(16)7-15-6-9(3)11(17)14-13(15)19/h6H,1,4-5,7H2,2-3H3,(H,14,17,19). The molecule has 0 saturated carbocycles. The van der Waals surface area contributed by atoms with Gasteiger partial charge in [0.1, 0.15) is 19.8 Å². The van der Waals surface area contributed by atoms with E-state index in [1.165, 1.54) is 20.0 Å². The molecule has 8 nitrogen and oxygen atoms in total. The molecule has 114 valence electrons. The van der Waals surface area contributed by atoms with Crippen LogP contribution in [0, 0.1) is 6.92 Å². The van der Waals surface area contributed by atoms with Crippen LogP contribution in [-0.2, 0) is 25.6 Å². The number of hydrogen-bond donors (Lipinski definition) is 1. The molecule has 21 heavy (non-hydrogen) atoms. The Balaban J connectivity index is 2.46. The maximum absolute atomic E-state index is 11.5.